The number of nitrogens with zero attached hydrogens (tertiary/aromatic N) is 1. The van der Waals surface area contributed by atoms with Gasteiger partial charge in [-0.25, -0.2) is 0 Å². The van der Waals surface area contributed by atoms with Crippen LogP contribution in [0.3, 0.4) is 0 Å². The maximum atomic E-state index is 13.1. The lowest BCUT2D eigenvalue weighted by Crippen LogP contribution is -2.27. The van der Waals surface area contributed by atoms with E-state index in [2.05, 4.69) is 5.32 Å². The molecule has 3 aromatic rings. The normalized spacial score (nSPS) is 14.6. The Morgan fingerprint density at radius 3 is 2.59 bits per heavy atom. The van der Waals surface area contributed by atoms with E-state index in [-0.39, 0.29) is 18.4 Å². The Balaban J connectivity index is 1.47. The fraction of sp³-hybridized carbons (Fsp3) is 0.115. The Kier molecular flexibility index (Phi) is 7.36. The number of carbonyl (C=O) groups excluding carboxylic acids is 2. The highest BCUT2D eigenvalue weighted by Crippen LogP contribution is 2.37. The van der Waals surface area contributed by atoms with Crippen LogP contribution in [0.5, 0.6) is 5.75 Å². The van der Waals surface area contributed by atoms with E-state index in [9.17, 15) is 9.59 Å². The number of rotatable bonds is 6. The third kappa shape index (κ3) is 5.50. The van der Waals surface area contributed by atoms with Crippen LogP contribution in [0.15, 0.2) is 71.6 Å². The summed E-state index contributed by atoms with van der Waals surface area (Å²) in [6.45, 7) is 3.68. The lowest BCUT2D eigenvalue weighted by molar-refractivity contribution is -0.118. The van der Waals surface area contributed by atoms with Crippen molar-refractivity contribution in [3.63, 3.8) is 0 Å². The number of nitrogens with one attached hydrogen (secondary N) is 1. The van der Waals surface area contributed by atoms with Gasteiger partial charge in [-0.3, -0.25) is 14.5 Å². The summed E-state index contributed by atoms with van der Waals surface area (Å²) in [6.07, 6.45) is 1.74. The van der Waals surface area contributed by atoms with Gasteiger partial charge in [0.1, 0.15) is 5.75 Å². The summed E-state index contributed by atoms with van der Waals surface area (Å²) >= 11 is 12.8. The molecule has 1 aliphatic heterocycles. The Labute approximate surface area is 212 Å². The van der Waals surface area contributed by atoms with Gasteiger partial charge < -0.3 is 10.1 Å². The molecule has 8 heteroatoms. The van der Waals surface area contributed by atoms with Gasteiger partial charge in [-0.05, 0) is 55.8 Å². The van der Waals surface area contributed by atoms with Crippen molar-refractivity contribution in [1.29, 1.82) is 0 Å². The first-order chi connectivity index (χ1) is 16.3. The molecule has 1 fully saturated rings. The minimum absolute atomic E-state index is 0.192. The summed E-state index contributed by atoms with van der Waals surface area (Å²) < 4.78 is 6.23. The molecule has 172 valence electrons. The smallest absolute Gasteiger partial charge is 0.270 e. The van der Waals surface area contributed by atoms with Crippen molar-refractivity contribution in [2.75, 3.05) is 16.8 Å². The van der Waals surface area contributed by atoms with E-state index < -0.39 is 0 Å². The van der Waals surface area contributed by atoms with E-state index in [0.29, 0.717) is 31.2 Å². The van der Waals surface area contributed by atoms with E-state index in [4.69, 9.17) is 28.6 Å². The van der Waals surface area contributed by atoms with Crippen molar-refractivity contribution in [1.82, 2.24) is 0 Å². The summed E-state index contributed by atoms with van der Waals surface area (Å²) in [7, 11) is 0. The topological polar surface area (TPSA) is 58.6 Å². The van der Waals surface area contributed by atoms with Gasteiger partial charge in [0.2, 0.25) is 0 Å². The van der Waals surface area contributed by atoms with E-state index >= 15 is 0 Å². The van der Waals surface area contributed by atoms with Crippen molar-refractivity contribution < 1.29 is 14.3 Å². The summed E-state index contributed by atoms with van der Waals surface area (Å²) in [4.78, 5) is 27.5. The van der Waals surface area contributed by atoms with Crippen LogP contribution in [-0.4, -0.2) is 22.7 Å². The second-order valence-corrected chi connectivity index (χ2v) is 9.77. The number of halogens is 1. The molecule has 1 heterocycles. The number of para-hydroxylation sites is 1. The second kappa shape index (κ2) is 10.4. The van der Waals surface area contributed by atoms with Gasteiger partial charge in [0.05, 0.1) is 10.6 Å². The van der Waals surface area contributed by atoms with Gasteiger partial charge in [-0.1, -0.05) is 77.5 Å². The van der Waals surface area contributed by atoms with Gasteiger partial charge in [0.15, 0.2) is 10.9 Å². The number of carbonyl (C=O) groups is 2. The molecule has 1 saturated heterocycles. The maximum Gasteiger partial charge on any atom is 0.270 e. The van der Waals surface area contributed by atoms with Crippen molar-refractivity contribution in [2.24, 2.45) is 0 Å². The minimum atomic E-state index is -0.319. The third-order valence-corrected chi connectivity index (χ3v) is 6.82. The standard InChI is InChI=1S/C26H21ClN2O3S2/c1-16-7-11-20(12-8-16)29-25(31)23(34-26(29)33)13-18-5-3-4-6-22(18)32-15-24(30)28-19-10-9-17(2)21(27)14-19/h3-14H,15H2,1-2H3,(H,28,30)/b23-13-. The van der Waals surface area contributed by atoms with Crippen molar-refractivity contribution in [3.8, 4) is 5.75 Å². The molecule has 1 aliphatic rings. The number of ether oxygens (including phenoxy) is 1. The highest BCUT2D eigenvalue weighted by molar-refractivity contribution is 8.27. The molecule has 0 saturated carbocycles. The summed E-state index contributed by atoms with van der Waals surface area (Å²) in [6, 6.07) is 20.2. The molecule has 4 rings (SSSR count). The average Bonchev–Trinajstić information content (AvgIpc) is 3.09. The summed E-state index contributed by atoms with van der Waals surface area (Å²) in [5.41, 5.74) is 4.03. The predicted molar refractivity (Wildman–Crippen MR) is 144 cm³/mol. The zero-order chi connectivity index (χ0) is 24.2. The van der Waals surface area contributed by atoms with Crippen LogP contribution in [-0.2, 0) is 9.59 Å². The van der Waals surface area contributed by atoms with Crippen LogP contribution in [0.2, 0.25) is 5.02 Å². The van der Waals surface area contributed by atoms with Crippen LogP contribution < -0.4 is 15.0 Å². The monoisotopic (exact) mass is 508 g/mol. The van der Waals surface area contributed by atoms with Crippen LogP contribution in [0.25, 0.3) is 6.08 Å². The molecule has 0 unspecified atom stereocenters. The molecule has 3 aromatic carbocycles. The van der Waals surface area contributed by atoms with E-state index in [0.717, 1.165) is 16.8 Å². The highest BCUT2D eigenvalue weighted by Gasteiger charge is 2.33. The van der Waals surface area contributed by atoms with Gasteiger partial charge in [-0.15, -0.1) is 0 Å². The molecule has 0 radical (unpaired) electrons. The molecule has 0 spiro atoms. The van der Waals surface area contributed by atoms with Crippen LogP contribution >= 0.6 is 35.6 Å². The second-order valence-electron chi connectivity index (χ2n) is 7.69. The number of hydrogen-bond donors (Lipinski definition) is 1. The predicted octanol–water partition coefficient (Wildman–Crippen LogP) is 6.38. The van der Waals surface area contributed by atoms with Crippen molar-refractivity contribution in [3.05, 3.63) is 93.3 Å². The number of amides is 2. The highest BCUT2D eigenvalue weighted by atomic mass is 35.5. The Morgan fingerprint density at radius 2 is 1.85 bits per heavy atom. The molecule has 1 N–H and O–H groups in total. The molecule has 0 aromatic heterocycles. The molecule has 5 nitrogen and oxygen atoms in total. The van der Waals surface area contributed by atoms with Gasteiger partial charge in [-0.2, -0.15) is 0 Å². The fourth-order valence-electron chi connectivity index (χ4n) is 3.27. The number of benzene rings is 3. The average molecular weight is 509 g/mol. The largest absolute Gasteiger partial charge is 0.483 e. The number of anilines is 2. The number of thiocarbonyl (C=S) groups is 1. The minimum Gasteiger partial charge on any atom is -0.483 e. The first-order valence-electron chi connectivity index (χ1n) is 10.4. The molecule has 0 bridgehead atoms. The first-order valence-corrected chi connectivity index (χ1v) is 12.0. The van der Waals surface area contributed by atoms with E-state index in [1.807, 2.05) is 62.4 Å². The van der Waals surface area contributed by atoms with Crippen LogP contribution in [0.1, 0.15) is 16.7 Å². The lowest BCUT2D eigenvalue weighted by atomic mass is 10.1. The zero-order valence-corrected chi connectivity index (χ0v) is 20.9. The number of aryl methyl sites for hydroxylation is 2. The molecular weight excluding hydrogens is 488 g/mol. The van der Waals surface area contributed by atoms with E-state index in [1.165, 1.54) is 16.7 Å². The Bertz CT molecular complexity index is 1310. The number of thioether (sulfide) groups is 1. The van der Waals surface area contributed by atoms with Crippen molar-refractivity contribution in [2.45, 2.75) is 13.8 Å². The summed E-state index contributed by atoms with van der Waals surface area (Å²) in [5, 5.41) is 3.34. The first kappa shape index (κ1) is 24.0. The van der Waals surface area contributed by atoms with Gasteiger partial charge in [0, 0.05) is 16.3 Å². The van der Waals surface area contributed by atoms with Crippen LogP contribution in [0, 0.1) is 13.8 Å². The lowest BCUT2D eigenvalue weighted by Gasteiger charge is -2.14. The molecule has 0 aliphatic carbocycles. The Morgan fingerprint density at radius 1 is 1.12 bits per heavy atom. The number of hydrogen-bond acceptors (Lipinski definition) is 5. The maximum absolute atomic E-state index is 13.1. The zero-order valence-electron chi connectivity index (χ0n) is 18.5. The Hall–Kier alpha value is -3.13. The van der Waals surface area contributed by atoms with Gasteiger partial charge in [0.25, 0.3) is 11.8 Å². The molecule has 2 amide bonds. The van der Waals surface area contributed by atoms with Crippen LogP contribution in [0.4, 0.5) is 11.4 Å². The van der Waals surface area contributed by atoms with E-state index in [1.54, 1.807) is 24.3 Å². The SMILES string of the molecule is Cc1ccc(N2C(=O)/C(=C/c3ccccc3OCC(=O)Nc3ccc(C)c(Cl)c3)SC2=S)cc1. The summed E-state index contributed by atoms with van der Waals surface area (Å²) in [5.74, 6) is -0.0248. The van der Waals surface area contributed by atoms with Crippen molar-refractivity contribution >= 4 is 69.2 Å². The van der Waals surface area contributed by atoms with Gasteiger partial charge >= 0.3 is 0 Å². The fourth-order valence-corrected chi connectivity index (χ4v) is 4.74. The molecule has 0 atom stereocenters. The molecule has 34 heavy (non-hydrogen) atoms. The molecular formula is C26H21ClN2O3S2. The third-order valence-electron chi connectivity index (χ3n) is 5.11. The quantitative estimate of drug-likeness (QED) is 0.309.